The topological polar surface area (TPSA) is 113 Å². The Labute approximate surface area is 120 Å². The van der Waals surface area contributed by atoms with Gasteiger partial charge in [-0.05, 0) is 18.4 Å². The highest BCUT2D eigenvalue weighted by Crippen LogP contribution is 2.21. The Kier molecular flexibility index (Phi) is 4.54. The van der Waals surface area contributed by atoms with Crippen LogP contribution in [0.4, 0.5) is 0 Å². The summed E-state index contributed by atoms with van der Waals surface area (Å²) in [6, 6.07) is 7.07. The van der Waals surface area contributed by atoms with Crippen LogP contribution in [0.1, 0.15) is 24.4 Å². The third-order valence-corrected chi connectivity index (χ3v) is 3.25. The Morgan fingerprint density at radius 1 is 1.10 bits per heavy atom. The molecule has 1 saturated heterocycles. The lowest BCUT2D eigenvalue weighted by Crippen LogP contribution is -2.40. The summed E-state index contributed by atoms with van der Waals surface area (Å²) in [5.74, 6) is -2.93. The average Bonchev–Trinajstić information content (AvgIpc) is 2.95. The van der Waals surface area contributed by atoms with Crippen LogP contribution in [0.5, 0.6) is 0 Å². The molecule has 1 aromatic rings. The molecule has 0 unspecified atom stereocenters. The molecule has 7 nitrogen and oxygen atoms in total. The lowest BCUT2D eigenvalue weighted by molar-refractivity contribution is -0.153. The van der Waals surface area contributed by atoms with Gasteiger partial charge in [0, 0.05) is 0 Å². The Morgan fingerprint density at radius 2 is 1.71 bits per heavy atom. The highest BCUT2D eigenvalue weighted by atomic mass is 16.5. The molecule has 2 rings (SSSR count). The van der Waals surface area contributed by atoms with Crippen LogP contribution in [0, 0.1) is 0 Å². The molecule has 1 heterocycles. The van der Waals surface area contributed by atoms with Gasteiger partial charge in [-0.1, -0.05) is 30.3 Å². The van der Waals surface area contributed by atoms with Gasteiger partial charge in [-0.3, -0.25) is 4.79 Å². The molecule has 7 heteroatoms. The maximum atomic E-state index is 12.0. The summed E-state index contributed by atoms with van der Waals surface area (Å²) in [5.41, 5.74) is 0.436. The quantitative estimate of drug-likeness (QED) is 0.731. The number of ether oxygens (including phenoxy) is 1. The van der Waals surface area contributed by atoms with Gasteiger partial charge in [0.05, 0.1) is 0 Å². The minimum absolute atomic E-state index is 0.233. The second-order valence-electron chi connectivity index (χ2n) is 4.72. The molecule has 1 aliphatic rings. The number of carbonyl (C=O) groups excluding carboxylic acids is 1. The van der Waals surface area contributed by atoms with E-state index in [1.165, 1.54) is 0 Å². The molecule has 0 aliphatic carbocycles. The molecule has 0 saturated carbocycles. The Hall–Kier alpha value is -2.41. The largest absolute Gasteiger partial charge is 0.479 e. The van der Waals surface area contributed by atoms with Crippen LogP contribution in [0.15, 0.2) is 30.3 Å². The Morgan fingerprint density at radius 3 is 2.24 bits per heavy atom. The third kappa shape index (κ3) is 3.57. The van der Waals surface area contributed by atoms with Crippen LogP contribution in [-0.2, 0) is 19.1 Å². The van der Waals surface area contributed by atoms with E-state index in [4.69, 9.17) is 9.84 Å². The van der Waals surface area contributed by atoms with E-state index in [0.29, 0.717) is 5.56 Å². The molecule has 1 aromatic carbocycles. The monoisotopic (exact) mass is 293 g/mol. The zero-order chi connectivity index (χ0) is 15.4. The van der Waals surface area contributed by atoms with E-state index in [9.17, 15) is 19.5 Å². The molecule has 21 heavy (non-hydrogen) atoms. The van der Waals surface area contributed by atoms with Crippen molar-refractivity contribution < 1.29 is 29.3 Å². The number of nitrogens with one attached hydrogen (secondary N) is 1. The summed E-state index contributed by atoms with van der Waals surface area (Å²) in [5, 5.41) is 20.4. The van der Waals surface area contributed by atoms with E-state index in [-0.39, 0.29) is 12.8 Å². The van der Waals surface area contributed by atoms with E-state index in [1.807, 2.05) is 0 Å². The molecule has 0 spiro atoms. The number of carboxylic acid groups (broad SMARTS) is 2. The molecule has 1 aliphatic heterocycles. The smallest absolute Gasteiger partial charge is 0.332 e. The number of carbonyl (C=O) groups is 3. The van der Waals surface area contributed by atoms with Gasteiger partial charge in [0.1, 0.15) is 6.10 Å². The molecule has 112 valence electrons. The van der Waals surface area contributed by atoms with Crippen molar-refractivity contribution in [1.29, 1.82) is 0 Å². The summed E-state index contributed by atoms with van der Waals surface area (Å²) >= 11 is 0. The Balaban J connectivity index is 2.03. The van der Waals surface area contributed by atoms with E-state index in [1.54, 1.807) is 30.3 Å². The molecular formula is C14H15NO6. The van der Waals surface area contributed by atoms with Gasteiger partial charge < -0.3 is 20.3 Å². The number of aliphatic carboxylic acids is 2. The molecular weight excluding hydrogens is 278 g/mol. The predicted octanol–water partition coefficient (Wildman–Crippen LogP) is 0.561. The van der Waals surface area contributed by atoms with Gasteiger partial charge in [0.2, 0.25) is 5.91 Å². The number of hydrogen-bond acceptors (Lipinski definition) is 4. The summed E-state index contributed by atoms with van der Waals surface area (Å²) in [6.07, 6.45) is -1.46. The average molecular weight is 293 g/mol. The zero-order valence-electron chi connectivity index (χ0n) is 11.1. The number of carboxylic acids is 2. The van der Waals surface area contributed by atoms with Crippen molar-refractivity contribution >= 4 is 17.8 Å². The van der Waals surface area contributed by atoms with E-state index in [0.717, 1.165) is 0 Å². The van der Waals surface area contributed by atoms with Crippen molar-refractivity contribution in [1.82, 2.24) is 5.32 Å². The standard InChI is InChI=1S/C14H15NO6/c16-12(9-6-7-10(21-9)13(17)18)15-11(14(19)20)8-4-2-1-3-5-8/h1-5,9-11H,6-7H2,(H,15,16)(H,17,18)(H,19,20)/t9-,10+,11-/m0/s1. The lowest BCUT2D eigenvalue weighted by atomic mass is 10.1. The van der Waals surface area contributed by atoms with Crippen LogP contribution >= 0.6 is 0 Å². The summed E-state index contributed by atoms with van der Waals surface area (Å²) < 4.78 is 5.10. The number of amides is 1. The van der Waals surface area contributed by atoms with E-state index in [2.05, 4.69) is 5.32 Å². The molecule has 3 N–H and O–H groups in total. The zero-order valence-corrected chi connectivity index (χ0v) is 11.1. The molecule has 0 bridgehead atoms. The van der Waals surface area contributed by atoms with Crippen molar-refractivity contribution in [3.63, 3.8) is 0 Å². The molecule has 0 radical (unpaired) electrons. The van der Waals surface area contributed by atoms with Crippen LogP contribution in [0.25, 0.3) is 0 Å². The third-order valence-electron chi connectivity index (χ3n) is 3.25. The highest BCUT2D eigenvalue weighted by Gasteiger charge is 2.36. The Bertz CT molecular complexity index is 544. The summed E-state index contributed by atoms with van der Waals surface area (Å²) in [6.45, 7) is 0. The summed E-state index contributed by atoms with van der Waals surface area (Å²) in [7, 11) is 0. The first-order valence-electron chi connectivity index (χ1n) is 6.45. The van der Waals surface area contributed by atoms with E-state index >= 15 is 0 Å². The number of rotatable bonds is 5. The molecule has 1 fully saturated rings. The SMILES string of the molecule is O=C(N[C@H](C(=O)O)c1ccccc1)[C@@H]1CC[C@H](C(=O)O)O1. The molecule has 3 atom stereocenters. The van der Waals surface area contributed by atoms with Crippen molar-refractivity contribution in [3.8, 4) is 0 Å². The lowest BCUT2D eigenvalue weighted by Gasteiger charge is -2.17. The second-order valence-corrected chi connectivity index (χ2v) is 4.72. The maximum absolute atomic E-state index is 12.0. The van der Waals surface area contributed by atoms with Crippen LogP contribution in [0.2, 0.25) is 0 Å². The fourth-order valence-electron chi connectivity index (χ4n) is 2.18. The molecule has 1 amide bonds. The molecule has 0 aromatic heterocycles. The van der Waals surface area contributed by atoms with Crippen molar-refractivity contribution in [2.75, 3.05) is 0 Å². The number of hydrogen-bond donors (Lipinski definition) is 3. The fraction of sp³-hybridized carbons (Fsp3) is 0.357. The minimum atomic E-state index is -1.19. The van der Waals surface area contributed by atoms with Gasteiger partial charge in [-0.25, -0.2) is 9.59 Å². The summed E-state index contributed by atoms with van der Waals surface area (Å²) in [4.78, 5) is 34.1. The van der Waals surface area contributed by atoms with Crippen LogP contribution in [0.3, 0.4) is 0 Å². The normalized spacial score (nSPS) is 22.5. The van der Waals surface area contributed by atoms with Crippen molar-refractivity contribution in [3.05, 3.63) is 35.9 Å². The van der Waals surface area contributed by atoms with Gasteiger partial charge in [-0.15, -0.1) is 0 Å². The predicted molar refractivity (Wildman–Crippen MR) is 70.5 cm³/mol. The van der Waals surface area contributed by atoms with Crippen molar-refractivity contribution in [2.24, 2.45) is 0 Å². The minimum Gasteiger partial charge on any atom is -0.479 e. The first kappa shape index (κ1) is 15.0. The first-order chi connectivity index (χ1) is 9.99. The first-order valence-corrected chi connectivity index (χ1v) is 6.45. The van der Waals surface area contributed by atoms with Gasteiger partial charge in [-0.2, -0.15) is 0 Å². The van der Waals surface area contributed by atoms with Crippen molar-refractivity contribution in [2.45, 2.75) is 31.1 Å². The van der Waals surface area contributed by atoms with Gasteiger partial charge >= 0.3 is 11.9 Å². The maximum Gasteiger partial charge on any atom is 0.332 e. The van der Waals surface area contributed by atoms with Crippen LogP contribution < -0.4 is 5.32 Å². The highest BCUT2D eigenvalue weighted by molar-refractivity contribution is 5.87. The van der Waals surface area contributed by atoms with Gasteiger partial charge in [0.15, 0.2) is 12.1 Å². The second kappa shape index (κ2) is 6.36. The van der Waals surface area contributed by atoms with Gasteiger partial charge in [0.25, 0.3) is 0 Å². The van der Waals surface area contributed by atoms with E-state index < -0.39 is 36.1 Å². The fourth-order valence-corrected chi connectivity index (χ4v) is 2.18. The van der Waals surface area contributed by atoms with Crippen LogP contribution in [-0.4, -0.2) is 40.3 Å². The number of benzene rings is 1.